The van der Waals surface area contributed by atoms with Crippen LogP contribution < -0.4 is 25.3 Å². The highest BCUT2D eigenvalue weighted by molar-refractivity contribution is 5.97. The van der Waals surface area contributed by atoms with Crippen LogP contribution in [-0.4, -0.2) is 31.8 Å². The average Bonchev–Trinajstić information content (AvgIpc) is 2.74. The summed E-state index contributed by atoms with van der Waals surface area (Å²) in [7, 11) is 3.28. The van der Waals surface area contributed by atoms with Gasteiger partial charge in [-0.1, -0.05) is 0 Å². The minimum atomic E-state index is 0.270. The standard InChI is InChI=1S/C22H27N3O3/c1-15(6-4-12-23)25-19-14-20(27-3)22(18-7-5-13-24-21(18)19)28-17-10-8-16(26-2)9-11-17/h5,7-11,13-15,25H,4,6,12,23H2,1-3H3. The first kappa shape index (κ1) is 19.8. The van der Waals surface area contributed by atoms with Crippen molar-refractivity contribution in [2.75, 3.05) is 26.1 Å². The lowest BCUT2D eigenvalue weighted by atomic mass is 10.1. The smallest absolute Gasteiger partial charge is 0.178 e. The molecule has 1 aromatic heterocycles. The van der Waals surface area contributed by atoms with E-state index in [1.807, 2.05) is 42.5 Å². The molecule has 1 atom stereocenters. The first-order valence-corrected chi connectivity index (χ1v) is 9.40. The summed E-state index contributed by atoms with van der Waals surface area (Å²) in [4.78, 5) is 4.58. The number of pyridine rings is 1. The number of nitrogens with two attached hydrogens (primary N) is 1. The molecule has 6 nitrogen and oxygen atoms in total. The molecule has 0 bridgehead atoms. The summed E-state index contributed by atoms with van der Waals surface area (Å²) in [6, 6.07) is 13.5. The van der Waals surface area contributed by atoms with Gasteiger partial charge in [-0.2, -0.15) is 0 Å². The summed E-state index contributed by atoms with van der Waals surface area (Å²) in [6.07, 6.45) is 3.73. The first-order valence-electron chi connectivity index (χ1n) is 9.40. The van der Waals surface area contributed by atoms with Gasteiger partial charge in [-0.05, 0) is 62.7 Å². The molecule has 0 radical (unpaired) electrons. The van der Waals surface area contributed by atoms with Crippen molar-refractivity contribution >= 4 is 16.6 Å². The van der Waals surface area contributed by atoms with Gasteiger partial charge >= 0.3 is 0 Å². The summed E-state index contributed by atoms with van der Waals surface area (Å²) < 4.78 is 17.0. The molecule has 1 unspecified atom stereocenters. The highest BCUT2D eigenvalue weighted by atomic mass is 16.5. The molecule has 0 amide bonds. The molecule has 0 saturated heterocycles. The Kier molecular flexibility index (Phi) is 6.55. The van der Waals surface area contributed by atoms with Gasteiger partial charge in [0.1, 0.15) is 11.5 Å². The number of nitrogens with one attached hydrogen (secondary N) is 1. The zero-order valence-corrected chi connectivity index (χ0v) is 16.6. The van der Waals surface area contributed by atoms with E-state index in [0.717, 1.165) is 35.2 Å². The monoisotopic (exact) mass is 381 g/mol. The highest BCUT2D eigenvalue weighted by Crippen LogP contribution is 2.42. The van der Waals surface area contributed by atoms with Crippen LogP contribution >= 0.6 is 0 Å². The van der Waals surface area contributed by atoms with Gasteiger partial charge in [-0.3, -0.25) is 4.98 Å². The lowest BCUT2D eigenvalue weighted by Crippen LogP contribution is -2.17. The first-order chi connectivity index (χ1) is 13.7. The molecule has 28 heavy (non-hydrogen) atoms. The molecule has 2 aromatic carbocycles. The Labute approximate surface area is 165 Å². The highest BCUT2D eigenvalue weighted by Gasteiger charge is 2.17. The summed E-state index contributed by atoms with van der Waals surface area (Å²) in [5.41, 5.74) is 7.39. The Bertz CT molecular complexity index is 913. The predicted molar refractivity (Wildman–Crippen MR) is 113 cm³/mol. The van der Waals surface area contributed by atoms with E-state index in [9.17, 15) is 0 Å². The van der Waals surface area contributed by atoms with Crippen molar-refractivity contribution in [3.63, 3.8) is 0 Å². The molecule has 0 fully saturated rings. The van der Waals surface area contributed by atoms with E-state index < -0.39 is 0 Å². The molecule has 148 valence electrons. The van der Waals surface area contributed by atoms with Gasteiger partial charge in [0.15, 0.2) is 11.5 Å². The minimum absolute atomic E-state index is 0.270. The normalized spacial score (nSPS) is 11.9. The second-order valence-electron chi connectivity index (χ2n) is 6.61. The third-order valence-corrected chi connectivity index (χ3v) is 4.55. The number of nitrogens with zero attached hydrogens (tertiary/aromatic N) is 1. The van der Waals surface area contributed by atoms with Crippen LogP contribution in [0.3, 0.4) is 0 Å². The van der Waals surface area contributed by atoms with Gasteiger partial charge in [-0.15, -0.1) is 0 Å². The van der Waals surface area contributed by atoms with Gasteiger partial charge in [0, 0.05) is 23.7 Å². The molecule has 3 rings (SSSR count). The number of hydrogen-bond donors (Lipinski definition) is 2. The minimum Gasteiger partial charge on any atom is -0.497 e. The predicted octanol–water partition coefficient (Wildman–Crippen LogP) is 4.58. The molecule has 0 aliphatic heterocycles. The number of benzene rings is 2. The Balaban J connectivity index is 1.99. The van der Waals surface area contributed by atoms with Gasteiger partial charge in [0.05, 0.1) is 25.4 Å². The third kappa shape index (κ3) is 4.46. The number of ether oxygens (including phenoxy) is 3. The summed E-state index contributed by atoms with van der Waals surface area (Å²) in [5, 5.41) is 4.41. The van der Waals surface area contributed by atoms with Crippen LogP contribution in [0.4, 0.5) is 5.69 Å². The molecule has 0 aliphatic rings. The quantitative estimate of drug-likeness (QED) is 0.565. The zero-order chi connectivity index (χ0) is 19.9. The maximum absolute atomic E-state index is 6.17. The summed E-state index contributed by atoms with van der Waals surface area (Å²) >= 11 is 0. The lowest BCUT2D eigenvalue weighted by Gasteiger charge is -2.19. The summed E-state index contributed by atoms with van der Waals surface area (Å²) in [6.45, 7) is 2.82. The van der Waals surface area contributed by atoms with E-state index in [1.165, 1.54) is 0 Å². The maximum Gasteiger partial charge on any atom is 0.178 e. The molecule has 3 aromatic rings. The number of anilines is 1. The number of hydrogen-bond acceptors (Lipinski definition) is 6. The van der Waals surface area contributed by atoms with Crippen molar-refractivity contribution in [2.24, 2.45) is 5.73 Å². The largest absolute Gasteiger partial charge is 0.497 e. The van der Waals surface area contributed by atoms with E-state index in [2.05, 4.69) is 17.2 Å². The molecule has 3 N–H and O–H groups in total. The van der Waals surface area contributed by atoms with Crippen molar-refractivity contribution < 1.29 is 14.2 Å². The Morgan fingerprint density at radius 2 is 1.82 bits per heavy atom. The van der Waals surface area contributed by atoms with Crippen LogP contribution in [0, 0.1) is 0 Å². The van der Waals surface area contributed by atoms with E-state index >= 15 is 0 Å². The fourth-order valence-electron chi connectivity index (χ4n) is 3.09. The van der Waals surface area contributed by atoms with Crippen molar-refractivity contribution in [2.45, 2.75) is 25.8 Å². The van der Waals surface area contributed by atoms with Crippen LogP contribution in [0.1, 0.15) is 19.8 Å². The zero-order valence-electron chi connectivity index (χ0n) is 16.6. The fourth-order valence-corrected chi connectivity index (χ4v) is 3.09. The van der Waals surface area contributed by atoms with Crippen LogP contribution in [0.15, 0.2) is 48.7 Å². The second kappa shape index (κ2) is 9.28. The van der Waals surface area contributed by atoms with E-state index in [-0.39, 0.29) is 6.04 Å². The average molecular weight is 381 g/mol. The third-order valence-electron chi connectivity index (χ3n) is 4.55. The molecule has 0 spiro atoms. The molecule has 1 heterocycles. The number of methoxy groups -OCH3 is 2. The number of fused-ring (bicyclic) bond motifs is 1. The molecular formula is C22H27N3O3. The molecular weight excluding hydrogens is 354 g/mol. The van der Waals surface area contributed by atoms with Gasteiger partial charge in [-0.25, -0.2) is 0 Å². The van der Waals surface area contributed by atoms with Crippen LogP contribution in [-0.2, 0) is 0 Å². The maximum atomic E-state index is 6.17. The van der Waals surface area contributed by atoms with Crippen molar-refractivity contribution in [3.05, 3.63) is 48.7 Å². The lowest BCUT2D eigenvalue weighted by molar-refractivity contribution is 0.380. The Morgan fingerprint density at radius 3 is 2.50 bits per heavy atom. The molecule has 0 saturated carbocycles. The van der Waals surface area contributed by atoms with Gasteiger partial charge < -0.3 is 25.3 Å². The number of aromatic nitrogens is 1. The van der Waals surface area contributed by atoms with Crippen molar-refractivity contribution in [1.82, 2.24) is 4.98 Å². The molecule has 6 heteroatoms. The SMILES string of the molecule is COc1ccc(Oc2c(OC)cc(NC(C)CCCN)c3ncccc23)cc1. The fraction of sp³-hybridized carbons (Fsp3) is 0.318. The van der Waals surface area contributed by atoms with Gasteiger partial charge in [0.25, 0.3) is 0 Å². The Morgan fingerprint density at radius 1 is 1.07 bits per heavy atom. The second-order valence-corrected chi connectivity index (χ2v) is 6.61. The topological polar surface area (TPSA) is 78.6 Å². The van der Waals surface area contributed by atoms with Crippen LogP contribution in [0.25, 0.3) is 10.9 Å². The van der Waals surface area contributed by atoms with E-state index in [1.54, 1.807) is 20.4 Å². The van der Waals surface area contributed by atoms with Crippen molar-refractivity contribution in [3.8, 4) is 23.0 Å². The van der Waals surface area contributed by atoms with E-state index in [4.69, 9.17) is 19.9 Å². The van der Waals surface area contributed by atoms with Crippen LogP contribution in [0.5, 0.6) is 23.0 Å². The Hall–Kier alpha value is -2.99. The van der Waals surface area contributed by atoms with Crippen LogP contribution in [0.2, 0.25) is 0 Å². The summed E-state index contributed by atoms with van der Waals surface area (Å²) in [5.74, 6) is 2.75. The van der Waals surface area contributed by atoms with Gasteiger partial charge in [0.2, 0.25) is 0 Å². The van der Waals surface area contributed by atoms with Crippen molar-refractivity contribution in [1.29, 1.82) is 0 Å². The molecule has 0 aliphatic carbocycles. The number of rotatable bonds is 9. The van der Waals surface area contributed by atoms with E-state index in [0.29, 0.717) is 23.8 Å².